The zero-order chi connectivity index (χ0) is 11.6. The van der Waals surface area contributed by atoms with Crippen LogP contribution >= 0.6 is 0 Å². The first-order chi connectivity index (χ1) is 7.62. The number of morpholine rings is 1. The molecule has 88 valence electrons. The van der Waals surface area contributed by atoms with Crippen LogP contribution in [-0.2, 0) is 11.3 Å². The molecule has 4 heteroatoms. The number of rotatable bonds is 2. The number of ether oxygens (including phenoxy) is 1. The van der Waals surface area contributed by atoms with Crippen molar-refractivity contribution in [3.05, 3.63) is 24.0 Å². The Kier molecular flexibility index (Phi) is 3.12. The zero-order valence-electron chi connectivity index (χ0n) is 9.81. The lowest BCUT2D eigenvalue weighted by atomic mass is 10.1. The minimum atomic E-state index is -0.138. The third-order valence-corrected chi connectivity index (χ3v) is 2.82. The normalized spacial score (nSPS) is 19.8. The summed E-state index contributed by atoms with van der Waals surface area (Å²) < 4.78 is 5.67. The molecule has 0 amide bonds. The number of nitrogens with zero attached hydrogens (tertiary/aromatic N) is 2. The molecule has 2 heterocycles. The first kappa shape index (κ1) is 11.4. The van der Waals surface area contributed by atoms with E-state index in [0.29, 0.717) is 6.61 Å². The zero-order valence-corrected chi connectivity index (χ0v) is 9.81. The van der Waals surface area contributed by atoms with Crippen LogP contribution < -0.4 is 4.90 Å². The minimum absolute atomic E-state index is 0.0512. The molecule has 1 aliphatic heterocycles. The molecule has 0 saturated carbocycles. The highest BCUT2D eigenvalue weighted by molar-refractivity contribution is 5.52. The van der Waals surface area contributed by atoms with Gasteiger partial charge in [0.25, 0.3) is 0 Å². The molecular weight excluding hydrogens is 204 g/mol. The first-order valence-corrected chi connectivity index (χ1v) is 5.55. The molecule has 1 saturated heterocycles. The molecule has 2 rings (SSSR count). The number of aromatic nitrogens is 1. The first-order valence-electron chi connectivity index (χ1n) is 5.55. The molecule has 0 spiro atoms. The molecule has 16 heavy (non-hydrogen) atoms. The Morgan fingerprint density at radius 2 is 2.38 bits per heavy atom. The number of anilines is 1. The lowest BCUT2D eigenvalue weighted by Gasteiger charge is -2.39. The van der Waals surface area contributed by atoms with Gasteiger partial charge < -0.3 is 14.7 Å². The van der Waals surface area contributed by atoms with Gasteiger partial charge in [0.2, 0.25) is 0 Å². The van der Waals surface area contributed by atoms with E-state index in [1.807, 2.05) is 12.3 Å². The number of hydrogen-bond acceptors (Lipinski definition) is 4. The maximum Gasteiger partial charge on any atom is 0.0801 e. The standard InChI is InChI=1S/C12H18N2O2/c1-12(2)9-14(5-6-16-12)11-7-13-4-3-10(11)8-15/h3-4,7,15H,5-6,8-9H2,1-2H3. The van der Waals surface area contributed by atoms with E-state index in [1.54, 1.807) is 6.20 Å². The van der Waals surface area contributed by atoms with E-state index in [2.05, 4.69) is 23.7 Å². The van der Waals surface area contributed by atoms with Crippen LogP contribution in [0.5, 0.6) is 0 Å². The van der Waals surface area contributed by atoms with E-state index in [4.69, 9.17) is 4.74 Å². The molecule has 1 aromatic rings. The van der Waals surface area contributed by atoms with Crippen LogP contribution in [0.3, 0.4) is 0 Å². The molecule has 0 bridgehead atoms. The third-order valence-electron chi connectivity index (χ3n) is 2.82. The summed E-state index contributed by atoms with van der Waals surface area (Å²) in [5.41, 5.74) is 1.80. The van der Waals surface area contributed by atoms with Gasteiger partial charge in [0.05, 0.1) is 30.7 Å². The average molecular weight is 222 g/mol. The van der Waals surface area contributed by atoms with Gasteiger partial charge in [-0.25, -0.2) is 0 Å². The van der Waals surface area contributed by atoms with Gasteiger partial charge in [-0.05, 0) is 19.9 Å². The molecule has 1 aromatic heterocycles. The fourth-order valence-corrected chi connectivity index (χ4v) is 2.06. The molecule has 0 radical (unpaired) electrons. The van der Waals surface area contributed by atoms with Crippen molar-refractivity contribution < 1.29 is 9.84 Å². The van der Waals surface area contributed by atoms with Gasteiger partial charge in [0.15, 0.2) is 0 Å². The van der Waals surface area contributed by atoms with Crippen molar-refractivity contribution in [3.8, 4) is 0 Å². The summed E-state index contributed by atoms with van der Waals surface area (Å²) in [6, 6.07) is 1.86. The Morgan fingerprint density at radius 1 is 1.56 bits per heavy atom. The summed E-state index contributed by atoms with van der Waals surface area (Å²) in [5, 5.41) is 9.29. The van der Waals surface area contributed by atoms with E-state index in [1.165, 1.54) is 0 Å². The topological polar surface area (TPSA) is 45.6 Å². The Balaban J connectivity index is 2.23. The van der Waals surface area contributed by atoms with E-state index in [0.717, 1.165) is 24.3 Å². The van der Waals surface area contributed by atoms with Gasteiger partial charge in [-0.3, -0.25) is 4.98 Å². The molecule has 0 aromatic carbocycles. The third kappa shape index (κ3) is 2.33. The van der Waals surface area contributed by atoms with Crippen molar-refractivity contribution >= 4 is 5.69 Å². The number of hydrogen-bond donors (Lipinski definition) is 1. The Labute approximate surface area is 95.9 Å². The second-order valence-electron chi connectivity index (χ2n) is 4.69. The van der Waals surface area contributed by atoms with E-state index in [-0.39, 0.29) is 12.2 Å². The summed E-state index contributed by atoms with van der Waals surface area (Å²) in [5.74, 6) is 0. The highest BCUT2D eigenvalue weighted by atomic mass is 16.5. The van der Waals surface area contributed by atoms with Gasteiger partial charge in [0.1, 0.15) is 0 Å². The quantitative estimate of drug-likeness (QED) is 0.816. The maximum absolute atomic E-state index is 9.29. The Hall–Kier alpha value is -1.13. The minimum Gasteiger partial charge on any atom is -0.392 e. The Morgan fingerprint density at radius 3 is 3.06 bits per heavy atom. The van der Waals surface area contributed by atoms with Crippen LogP contribution in [0, 0.1) is 0 Å². The molecule has 1 N–H and O–H groups in total. The lowest BCUT2D eigenvalue weighted by molar-refractivity contribution is -0.0277. The molecule has 0 unspecified atom stereocenters. The second kappa shape index (κ2) is 4.39. The smallest absolute Gasteiger partial charge is 0.0801 e. The van der Waals surface area contributed by atoms with Gasteiger partial charge in [-0.1, -0.05) is 0 Å². The van der Waals surface area contributed by atoms with E-state index in [9.17, 15) is 5.11 Å². The van der Waals surface area contributed by atoms with Crippen LogP contribution in [0.2, 0.25) is 0 Å². The molecule has 0 aliphatic carbocycles. The second-order valence-corrected chi connectivity index (χ2v) is 4.69. The maximum atomic E-state index is 9.29. The average Bonchev–Trinajstić information content (AvgIpc) is 2.27. The van der Waals surface area contributed by atoms with Crippen LogP contribution in [0.1, 0.15) is 19.4 Å². The van der Waals surface area contributed by atoms with Crippen molar-refractivity contribution in [1.29, 1.82) is 0 Å². The summed E-state index contributed by atoms with van der Waals surface area (Å²) in [6.07, 6.45) is 3.52. The van der Waals surface area contributed by atoms with Crippen molar-refractivity contribution in [1.82, 2.24) is 4.98 Å². The largest absolute Gasteiger partial charge is 0.392 e. The Bertz CT molecular complexity index is 366. The van der Waals surface area contributed by atoms with Gasteiger partial charge in [0, 0.05) is 24.8 Å². The van der Waals surface area contributed by atoms with Crippen molar-refractivity contribution in [2.24, 2.45) is 0 Å². The SMILES string of the molecule is CC1(C)CN(c2cnccc2CO)CCO1. The highest BCUT2D eigenvalue weighted by Gasteiger charge is 2.28. The van der Waals surface area contributed by atoms with Gasteiger partial charge in [-0.15, -0.1) is 0 Å². The fourth-order valence-electron chi connectivity index (χ4n) is 2.06. The summed E-state index contributed by atoms with van der Waals surface area (Å²) in [6.45, 7) is 6.60. The predicted molar refractivity (Wildman–Crippen MR) is 62.4 cm³/mol. The molecule has 4 nitrogen and oxygen atoms in total. The molecule has 1 aliphatic rings. The summed E-state index contributed by atoms with van der Waals surface area (Å²) >= 11 is 0. The summed E-state index contributed by atoms with van der Waals surface area (Å²) in [4.78, 5) is 6.35. The van der Waals surface area contributed by atoms with Gasteiger partial charge >= 0.3 is 0 Å². The summed E-state index contributed by atoms with van der Waals surface area (Å²) in [7, 11) is 0. The van der Waals surface area contributed by atoms with Crippen molar-refractivity contribution in [3.63, 3.8) is 0 Å². The van der Waals surface area contributed by atoms with Crippen LogP contribution in [0.25, 0.3) is 0 Å². The molecular formula is C12H18N2O2. The lowest BCUT2D eigenvalue weighted by Crippen LogP contribution is -2.48. The van der Waals surface area contributed by atoms with E-state index < -0.39 is 0 Å². The number of pyridine rings is 1. The van der Waals surface area contributed by atoms with Gasteiger partial charge in [-0.2, -0.15) is 0 Å². The van der Waals surface area contributed by atoms with Crippen molar-refractivity contribution in [2.75, 3.05) is 24.6 Å². The number of aliphatic hydroxyl groups is 1. The van der Waals surface area contributed by atoms with E-state index >= 15 is 0 Å². The van der Waals surface area contributed by atoms with Crippen LogP contribution in [-0.4, -0.2) is 35.4 Å². The molecule has 1 fully saturated rings. The van der Waals surface area contributed by atoms with Crippen LogP contribution in [0.4, 0.5) is 5.69 Å². The monoisotopic (exact) mass is 222 g/mol. The van der Waals surface area contributed by atoms with Crippen LogP contribution in [0.15, 0.2) is 18.5 Å². The van der Waals surface area contributed by atoms with Crippen molar-refractivity contribution in [2.45, 2.75) is 26.1 Å². The molecule has 0 atom stereocenters. The fraction of sp³-hybridized carbons (Fsp3) is 0.583. The predicted octanol–water partition coefficient (Wildman–Crippen LogP) is 1.19. The number of aliphatic hydroxyl groups excluding tert-OH is 1. The highest BCUT2D eigenvalue weighted by Crippen LogP contribution is 2.25.